The molecule has 2 rings (SSSR count). The number of anilines is 1. The third kappa shape index (κ3) is 4.20. The van der Waals surface area contributed by atoms with Gasteiger partial charge in [-0.1, -0.05) is 23.7 Å². The van der Waals surface area contributed by atoms with Gasteiger partial charge < -0.3 is 5.73 Å². The van der Waals surface area contributed by atoms with E-state index in [2.05, 4.69) is 4.72 Å². The second kappa shape index (κ2) is 6.47. The first-order chi connectivity index (χ1) is 9.88. The van der Waals surface area contributed by atoms with Crippen LogP contribution in [0.3, 0.4) is 0 Å². The molecule has 21 heavy (non-hydrogen) atoms. The summed E-state index contributed by atoms with van der Waals surface area (Å²) in [4.78, 5) is 0.253. The van der Waals surface area contributed by atoms with E-state index < -0.39 is 10.0 Å². The number of halogens is 1. The summed E-state index contributed by atoms with van der Waals surface area (Å²) >= 11 is 5.89. The minimum atomic E-state index is -3.53. The van der Waals surface area contributed by atoms with Crippen LogP contribution in [0.15, 0.2) is 47.4 Å². The molecule has 0 bridgehead atoms. The molecule has 0 aromatic heterocycles. The largest absolute Gasteiger partial charge is 0.399 e. The Bertz CT molecular complexity index is 745. The van der Waals surface area contributed by atoms with E-state index in [1.54, 1.807) is 25.1 Å². The maximum absolute atomic E-state index is 12.2. The van der Waals surface area contributed by atoms with Gasteiger partial charge in [-0.2, -0.15) is 0 Å². The van der Waals surface area contributed by atoms with E-state index >= 15 is 0 Å². The molecule has 0 atom stereocenters. The lowest BCUT2D eigenvalue weighted by atomic mass is 10.2. The molecule has 0 saturated heterocycles. The molecule has 4 nitrogen and oxygen atoms in total. The quantitative estimate of drug-likeness (QED) is 0.831. The van der Waals surface area contributed by atoms with Gasteiger partial charge in [0.1, 0.15) is 0 Å². The number of hydrogen-bond donors (Lipinski definition) is 2. The highest BCUT2D eigenvalue weighted by Gasteiger charge is 2.16. The zero-order valence-electron chi connectivity index (χ0n) is 11.6. The Morgan fingerprint density at radius 1 is 1.19 bits per heavy atom. The van der Waals surface area contributed by atoms with Crippen molar-refractivity contribution in [2.75, 3.05) is 12.3 Å². The molecule has 3 N–H and O–H groups in total. The van der Waals surface area contributed by atoms with E-state index in [9.17, 15) is 8.42 Å². The topological polar surface area (TPSA) is 72.2 Å². The lowest BCUT2D eigenvalue weighted by molar-refractivity contribution is 0.581. The minimum Gasteiger partial charge on any atom is -0.399 e. The molecule has 0 aliphatic rings. The van der Waals surface area contributed by atoms with Crippen LogP contribution >= 0.6 is 11.6 Å². The Hall–Kier alpha value is -1.56. The second-order valence-electron chi connectivity index (χ2n) is 4.80. The van der Waals surface area contributed by atoms with E-state index in [0.29, 0.717) is 29.2 Å². The summed E-state index contributed by atoms with van der Waals surface area (Å²) in [6.07, 6.45) is 0.577. The summed E-state index contributed by atoms with van der Waals surface area (Å²) in [7, 11) is -3.53. The van der Waals surface area contributed by atoms with Crippen LogP contribution in [0.5, 0.6) is 0 Å². The van der Waals surface area contributed by atoms with Gasteiger partial charge in [0.15, 0.2) is 0 Å². The van der Waals surface area contributed by atoms with E-state index in [1.807, 2.05) is 18.2 Å². The van der Waals surface area contributed by atoms with E-state index in [1.165, 1.54) is 6.07 Å². The van der Waals surface area contributed by atoms with E-state index in [-0.39, 0.29) is 4.90 Å². The first-order valence-corrected chi connectivity index (χ1v) is 8.35. The molecule has 0 unspecified atom stereocenters. The smallest absolute Gasteiger partial charge is 0.240 e. The van der Waals surface area contributed by atoms with Gasteiger partial charge in [0.2, 0.25) is 10.0 Å². The van der Waals surface area contributed by atoms with Crippen molar-refractivity contribution in [1.29, 1.82) is 0 Å². The van der Waals surface area contributed by atoms with Crippen molar-refractivity contribution in [1.82, 2.24) is 4.72 Å². The first kappa shape index (κ1) is 15.8. The number of sulfonamides is 1. The van der Waals surface area contributed by atoms with E-state index in [0.717, 1.165) is 5.56 Å². The van der Waals surface area contributed by atoms with Gasteiger partial charge in [0.05, 0.1) is 4.90 Å². The average Bonchev–Trinajstić information content (AvgIpc) is 2.38. The summed E-state index contributed by atoms with van der Waals surface area (Å²) in [5.41, 5.74) is 7.80. The first-order valence-electron chi connectivity index (χ1n) is 6.49. The Balaban J connectivity index is 2.05. The van der Waals surface area contributed by atoms with Gasteiger partial charge >= 0.3 is 0 Å². The molecule has 0 heterocycles. The highest BCUT2D eigenvalue weighted by Crippen LogP contribution is 2.17. The summed E-state index contributed by atoms with van der Waals surface area (Å²) < 4.78 is 27.1. The maximum Gasteiger partial charge on any atom is 0.240 e. The van der Waals surface area contributed by atoms with Gasteiger partial charge in [-0.15, -0.1) is 0 Å². The summed E-state index contributed by atoms with van der Waals surface area (Å²) in [5, 5.41) is 0.643. The molecule has 2 aromatic carbocycles. The van der Waals surface area contributed by atoms with Crippen molar-refractivity contribution in [2.24, 2.45) is 0 Å². The Morgan fingerprint density at radius 3 is 2.62 bits per heavy atom. The number of benzene rings is 2. The van der Waals surface area contributed by atoms with Crippen LogP contribution in [0.2, 0.25) is 5.02 Å². The molecule has 0 aliphatic carbocycles. The Labute approximate surface area is 130 Å². The van der Waals surface area contributed by atoms with Crippen LogP contribution in [0.4, 0.5) is 5.69 Å². The zero-order chi connectivity index (χ0) is 15.5. The fourth-order valence-corrected chi connectivity index (χ4v) is 3.54. The third-order valence-corrected chi connectivity index (χ3v) is 4.94. The van der Waals surface area contributed by atoms with Gasteiger partial charge in [0.25, 0.3) is 0 Å². The van der Waals surface area contributed by atoms with Crippen LogP contribution in [0, 0.1) is 6.92 Å². The molecule has 0 amide bonds. The standard InChI is InChI=1S/C15H17ClN2O2S/c1-11-9-14(17)5-6-15(11)21(19,20)18-8-7-12-3-2-4-13(16)10-12/h2-6,9-10,18H,7-8,17H2,1H3. The van der Waals surface area contributed by atoms with Crippen LogP contribution in [0.25, 0.3) is 0 Å². The summed E-state index contributed by atoms with van der Waals surface area (Å²) in [5.74, 6) is 0. The number of nitrogen functional groups attached to an aromatic ring is 1. The summed E-state index contributed by atoms with van der Waals surface area (Å²) in [6.45, 7) is 2.04. The fraction of sp³-hybridized carbons (Fsp3) is 0.200. The van der Waals surface area contributed by atoms with Crippen LogP contribution in [-0.2, 0) is 16.4 Å². The SMILES string of the molecule is Cc1cc(N)ccc1S(=O)(=O)NCCc1cccc(Cl)c1. The average molecular weight is 325 g/mol. The monoisotopic (exact) mass is 324 g/mol. The van der Waals surface area contributed by atoms with Gasteiger partial charge in [-0.05, 0) is 54.8 Å². The van der Waals surface area contributed by atoms with Crippen molar-refractivity contribution in [3.05, 3.63) is 58.6 Å². The maximum atomic E-state index is 12.2. The van der Waals surface area contributed by atoms with Gasteiger partial charge in [-0.3, -0.25) is 0 Å². The lowest BCUT2D eigenvalue weighted by Crippen LogP contribution is -2.26. The van der Waals surface area contributed by atoms with Crippen LogP contribution in [0.1, 0.15) is 11.1 Å². The van der Waals surface area contributed by atoms with Crippen molar-refractivity contribution in [3.8, 4) is 0 Å². The Morgan fingerprint density at radius 2 is 1.95 bits per heavy atom. The minimum absolute atomic E-state index is 0.253. The highest BCUT2D eigenvalue weighted by atomic mass is 35.5. The number of nitrogens with one attached hydrogen (secondary N) is 1. The molecule has 6 heteroatoms. The molecule has 0 aliphatic heterocycles. The van der Waals surface area contributed by atoms with Crippen LogP contribution < -0.4 is 10.5 Å². The second-order valence-corrected chi connectivity index (χ2v) is 6.97. The predicted molar refractivity (Wildman–Crippen MR) is 85.9 cm³/mol. The predicted octanol–water partition coefficient (Wildman–Crippen LogP) is 2.75. The zero-order valence-corrected chi connectivity index (χ0v) is 13.2. The highest BCUT2D eigenvalue weighted by molar-refractivity contribution is 7.89. The molecular weight excluding hydrogens is 308 g/mol. The molecule has 0 saturated carbocycles. The third-order valence-electron chi connectivity index (χ3n) is 3.08. The molecule has 0 radical (unpaired) electrons. The van der Waals surface area contributed by atoms with Crippen molar-refractivity contribution in [2.45, 2.75) is 18.2 Å². The molecule has 0 spiro atoms. The number of aryl methyl sites for hydroxylation is 1. The van der Waals surface area contributed by atoms with Crippen molar-refractivity contribution < 1.29 is 8.42 Å². The molecular formula is C15H17ClN2O2S. The summed E-state index contributed by atoms with van der Waals surface area (Å²) in [6, 6.07) is 12.1. The molecule has 2 aromatic rings. The van der Waals surface area contributed by atoms with E-state index in [4.69, 9.17) is 17.3 Å². The Kier molecular flexibility index (Phi) is 4.88. The normalized spacial score (nSPS) is 11.5. The van der Waals surface area contributed by atoms with Crippen molar-refractivity contribution in [3.63, 3.8) is 0 Å². The van der Waals surface area contributed by atoms with Gasteiger partial charge in [0, 0.05) is 17.3 Å². The lowest BCUT2D eigenvalue weighted by Gasteiger charge is -2.10. The van der Waals surface area contributed by atoms with Crippen LogP contribution in [-0.4, -0.2) is 15.0 Å². The fourth-order valence-electron chi connectivity index (χ4n) is 2.07. The molecule has 0 fully saturated rings. The number of hydrogen-bond acceptors (Lipinski definition) is 3. The molecule has 112 valence electrons. The van der Waals surface area contributed by atoms with Gasteiger partial charge in [-0.25, -0.2) is 13.1 Å². The number of nitrogens with two attached hydrogens (primary N) is 1. The van der Waals surface area contributed by atoms with Crippen molar-refractivity contribution >= 4 is 27.3 Å². The number of rotatable bonds is 5.